The van der Waals surface area contributed by atoms with Crippen LogP contribution in [0.15, 0.2) is 34.6 Å². The summed E-state index contributed by atoms with van der Waals surface area (Å²) in [4.78, 5) is 8.97. The summed E-state index contributed by atoms with van der Waals surface area (Å²) in [5.41, 5.74) is 2.37. The lowest BCUT2D eigenvalue weighted by molar-refractivity contribution is 0.414. The predicted molar refractivity (Wildman–Crippen MR) is 126 cm³/mol. The molecule has 0 aliphatic heterocycles. The third kappa shape index (κ3) is 6.95. The summed E-state index contributed by atoms with van der Waals surface area (Å²) in [6, 6.07) is 8.22. The second kappa shape index (κ2) is 10.8. The van der Waals surface area contributed by atoms with Gasteiger partial charge >= 0.3 is 0 Å². The lowest BCUT2D eigenvalue weighted by Crippen LogP contribution is -2.43. The van der Waals surface area contributed by atoms with Gasteiger partial charge in [-0.3, -0.25) is 4.99 Å². The lowest BCUT2D eigenvalue weighted by Gasteiger charge is -2.27. The smallest absolute Gasteiger partial charge is 0.191 e. The van der Waals surface area contributed by atoms with Crippen molar-refractivity contribution < 1.29 is 4.74 Å². The van der Waals surface area contributed by atoms with E-state index in [1.165, 1.54) is 5.56 Å². The molecule has 1 aromatic heterocycles. The van der Waals surface area contributed by atoms with E-state index in [9.17, 15) is 0 Å². The summed E-state index contributed by atoms with van der Waals surface area (Å²) in [6.45, 7) is 10.2. The zero-order valence-electron chi connectivity index (χ0n) is 17.0. The molecule has 1 heterocycles. The van der Waals surface area contributed by atoms with Crippen LogP contribution >= 0.6 is 35.3 Å². The number of benzene rings is 1. The Labute approximate surface area is 184 Å². The van der Waals surface area contributed by atoms with E-state index < -0.39 is 0 Å². The van der Waals surface area contributed by atoms with Crippen LogP contribution < -0.4 is 15.4 Å². The number of methoxy groups -OCH3 is 1. The first-order valence-electron chi connectivity index (χ1n) is 8.89. The molecule has 2 N–H and O–H groups in total. The van der Waals surface area contributed by atoms with Gasteiger partial charge in [-0.2, -0.15) is 0 Å². The molecule has 0 saturated carbocycles. The van der Waals surface area contributed by atoms with Gasteiger partial charge in [-0.1, -0.05) is 39.8 Å². The number of guanidine groups is 1. The quantitative estimate of drug-likeness (QED) is 0.332. The number of thiazole rings is 1. The van der Waals surface area contributed by atoms with Crippen LogP contribution in [0.5, 0.6) is 5.75 Å². The molecule has 150 valence electrons. The molecule has 0 atom stereocenters. The number of nitrogens with one attached hydrogen (secondary N) is 2. The first-order valence-corrected chi connectivity index (χ1v) is 9.77. The van der Waals surface area contributed by atoms with E-state index in [1.807, 2.05) is 12.1 Å². The lowest BCUT2D eigenvalue weighted by atomic mass is 9.84. The molecule has 7 heteroatoms. The van der Waals surface area contributed by atoms with Crippen LogP contribution in [0, 0.1) is 0 Å². The highest BCUT2D eigenvalue weighted by Crippen LogP contribution is 2.24. The first-order chi connectivity index (χ1) is 12.4. The minimum absolute atomic E-state index is 0. The van der Waals surface area contributed by atoms with E-state index >= 15 is 0 Å². The van der Waals surface area contributed by atoms with Gasteiger partial charge in [0.05, 0.1) is 19.3 Å². The number of hydrogen-bond acceptors (Lipinski definition) is 4. The maximum absolute atomic E-state index is 5.24. The summed E-state index contributed by atoms with van der Waals surface area (Å²) in [7, 11) is 3.47. The fourth-order valence-electron chi connectivity index (χ4n) is 2.50. The van der Waals surface area contributed by atoms with Gasteiger partial charge in [0.15, 0.2) is 5.96 Å². The molecule has 0 radical (unpaired) electrons. The number of hydrogen-bond donors (Lipinski definition) is 2. The molecule has 1 aromatic carbocycles. The molecule has 2 rings (SSSR count). The molecule has 0 amide bonds. The highest BCUT2D eigenvalue weighted by Gasteiger charge is 2.21. The van der Waals surface area contributed by atoms with Crippen molar-refractivity contribution in [2.45, 2.75) is 45.6 Å². The van der Waals surface area contributed by atoms with Gasteiger partial charge < -0.3 is 15.4 Å². The zero-order chi connectivity index (χ0) is 19.2. The molecule has 0 spiro atoms. The molecule has 5 nitrogen and oxygen atoms in total. The van der Waals surface area contributed by atoms with Crippen molar-refractivity contribution in [3.8, 4) is 5.75 Å². The summed E-state index contributed by atoms with van der Waals surface area (Å²) in [5.74, 6) is 2.12. The van der Waals surface area contributed by atoms with Crippen LogP contribution in [-0.2, 0) is 12.0 Å². The van der Waals surface area contributed by atoms with Gasteiger partial charge in [0.1, 0.15) is 10.8 Å². The summed E-state index contributed by atoms with van der Waals surface area (Å²) < 4.78 is 5.24. The minimum atomic E-state index is -0.0319. The molecular formula is C20H31IN4OS. The van der Waals surface area contributed by atoms with Crippen LogP contribution in [0.4, 0.5) is 0 Å². The normalized spacial score (nSPS) is 11.9. The Kier molecular flexibility index (Phi) is 9.52. The molecular weight excluding hydrogens is 471 g/mol. The number of halogens is 1. The number of nitrogens with zero attached hydrogens (tertiary/aromatic N) is 2. The Morgan fingerprint density at radius 3 is 2.41 bits per heavy atom. The monoisotopic (exact) mass is 502 g/mol. The van der Waals surface area contributed by atoms with Crippen LogP contribution in [0.25, 0.3) is 0 Å². The number of rotatable bonds is 7. The molecule has 0 unspecified atom stereocenters. The van der Waals surface area contributed by atoms with Crippen molar-refractivity contribution in [2.24, 2.45) is 4.99 Å². The van der Waals surface area contributed by atoms with Crippen LogP contribution in [0.1, 0.15) is 49.9 Å². The topological polar surface area (TPSA) is 58.5 Å². The Morgan fingerprint density at radius 1 is 1.22 bits per heavy atom. The van der Waals surface area contributed by atoms with Crippen molar-refractivity contribution in [3.05, 3.63) is 45.9 Å². The average molecular weight is 502 g/mol. The third-order valence-corrected chi connectivity index (χ3v) is 5.23. The SMILES string of the molecule is CN=C(NCc1nc(C(C)C)cs1)NCC(C)(C)c1ccc(OC)cc1.I. The molecule has 27 heavy (non-hydrogen) atoms. The molecule has 0 bridgehead atoms. The van der Waals surface area contributed by atoms with E-state index in [0.717, 1.165) is 29.0 Å². The summed E-state index contributed by atoms with van der Waals surface area (Å²) in [5, 5.41) is 9.97. The van der Waals surface area contributed by atoms with E-state index in [1.54, 1.807) is 25.5 Å². The Bertz CT molecular complexity index is 726. The Balaban J connectivity index is 0.00000364. The fourth-order valence-corrected chi connectivity index (χ4v) is 3.40. The average Bonchev–Trinajstić information content (AvgIpc) is 3.11. The van der Waals surface area contributed by atoms with Gasteiger partial charge in [0.2, 0.25) is 0 Å². The Hall–Kier alpha value is -1.35. The van der Waals surface area contributed by atoms with Gasteiger partial charge in [-0.05, 0) is 23.6 Å². The standard InChI is InChI=1S/C20H30N4OS.HI/c1-14(2)17-12-26-18(24-17)11-22-19(21-5)23-13-20(3,4)15-7-9-16(25-6)10-8-15;/h7-10,12,14H,11,13H2,1-6H3,(H2,21,22,23);1H. The van der Waals surface area contributed by atoms with Crippen LogP contribution in [0.2, 0.25) is 0 Å². The van der Waals surface area contributed by atoms with Crippen molar-refractivity contribution in [3.63, 3.8) is 0 Å². The summed E-state index contributed by atoms with van der Waals surface area (Å²) >= 11 is 1.69. The molecule has 0 fully saturated rings. The van der Waals surface area contributed by atoms with Gasteiger partial charge in [0.25, 0.3) is 0 Å². The Morgan fingerprint density at radius 2 is 1.89 bits per heavy atom. The van der Waals surface area contributed by atoms with E-state index in [2.05, 4.69) is 65.8 Å². The molecule has 0 saturated heterocycles. The second-order valence-electron chi connectivity index (χ2n) is 7.21. The molecule has 0 aliphatic carbocycles. The second-order valence-corrected chi connectivity index (χ2v) is 8.16. The van der Waals surface area contributed by atoms with Gasteiger partial charge in [-0.25, -0.2) is 4.98 Å². The van der Waals surface area contributed by atoms with E-state index in [0.29, 0.717) is 12.5 Å². The molecule has 0 aliphatic rings. The number of aliphatic imine (C=N–C) groups is 1. The van der Waals surface area contributed by atoms with Crippen LogP contribution in [0.3, 0.4) is 0 Å². The van der Waals surface area contributed by atoms with E-state index in [4.69, 9.17) is 4.74 Å². The van der Waals surface area contributed by atoms with Crippen molar-refractivity contribution in [1.29, 1.82) is 0 Å². The fraction of sp³-hybridized carbons (Fsp3) is 0.500. The number of ether oxygens (including phenoxy) is 1. The van der Waals surface area contributed by atoms with Crippen molar-refractivity contribution >= 4 is 41.3 Å². The van der Waals surface area contributed by atoms with Gasteiger partial charge in [0, 0.05) is 24.4 Å². The van der Waals surface area contributed by atoms with Crippen molar-refractivity contribution in [2.75, 3.05) is 20.7 Å². The third-order valence-electron chi connectivity index (χ3n) is 4.36. The highest BCUT2D eigenvalue weighted by atomic mass is 127. The predicted octanol–water partition coefficient (Wildman–Crippen LogP) is 4.54. The maximum atomic E-state index is 5.24. The van der Waals surface area contributed by atoms with Gasteiger partial charge in [-0.15, -0.1) is 35.3 Å². The van der Waals surface area contributed by atoms with Crippen molar-refractivity contribution in [1.82, 2.24) is 15.6 Å². The minimum Gasteiger partial charge on any atom is -0.497 e. The summed E-state index contributed by atoms with van der Waals surface area (Å²) in [6.07, 6.45) is 0. The number of aromatic nitrogens is 1. The zero-order valence-corrected chi connectivity index (χ0v) is 20.1. The first kappa shape index (κ1) is 23.7. The molecule has 2 aromatic rings. The van der Waals surface area contributed by atoms with Crippen LogP contribution in [-0.4, -0.2) is 31.6 Å². The van der Waals surface area contributed by atoms with E-state index in [-0.39, 0.29) is 29.4 Å². The maximum Gasteiger partial charge on any atom is 0.191 e. The highest BCUT2D eigenvalue weighted by molar-refractivity contribution is 14.0. The largest absolute Gasteiger partial charge is 0.497 e.